The molecule has 0 aromatic carbocycles. The Bertz CT molecular complexity index is 67.1. The third-order valence-corrected chi connectivity index (χ3v) is 0. The summed E-state index contributed by atoms with van der Waals surface area (Å²) in [4.78, 5) is 0. The fourth-order valence-corrected chi connectivity index (χ4v) is 0. The maximum absolute atomic E-state index is 10.6. The summed E-state index contributed by atoms with van der Waals surface area (Å²) in [5, 5.41) is 0. The van der Waals surface area contributed by atoms with E-state index in [1.807, 2.05) is 0 Å². The first kappa shape index (κ1) is 12.8. The molecule has 0 unspecified atom stereocenters. The molecule has 0 rings (SSSR count). The van der Waals surface area contributed by atoms with Crippen molar-refractivity contribution in [3.63, 3.8) is 0 Å². The van der Waals surface area contributed by atoms with Gasteiger partial charge < -0.3 is 0 Å². The predicted molar refractivity (Wildman–Crippen MR) is 13.8 cm³/mol. The van der Waals surface area contributed by atoms with Crippen molar-refractivity contribution in [2.24, 2.45) is 0 Å². The molecule has 0 saturated heterocycles. The molecule has 0 aliphatic heterocycles. The SMILES string of the molecule is [CsH].[F][Co]([F])([F])([F])([F])[F]. The molecule has 0 aromatic rings. The van der Waals surface area contributed by atoms with Crippen LogP contribution in [0.4, 0.5) is 21.5 Å². The molecule has 0 N–H and O–H groups in total. The predicted octanol–water partition coefficient (Wildman–Crippen LogP) is 1.87. The Morgan fingerprint density at radius 1 is 0.625 bits per heavy atom. The van der Waals surface area contributed by atoms with Crippen molar-refractivity contribution in [2.75, 3.05) is 0 Å². The summed E-state index contributed by atoms with van der Waals surface area (Å²) >= 11 is -10.6. The van der Waals surface area contributed by atoms with Gasteiger partial charge in [0.2, 0.25) is 0 Å². The van der Waals surface area contributed by atoms with Gasteiger partial charge in [-0.25, -0.2) is 0 Å². The second kappa shape index (κ2) is 2.06. The average molecular weight is 307 g/mol. The van der Waals surface area contributed by atoms with Gasteiger partial charge in [0, 0.05) is 0 Å². The number of halogens is 6. The zero-order valence-electron chi connectivity index (χ0n) is 2.60. The number of hydrogen-bond donors (Lipinski definition) is 0. The molecule has 0 amide bonds. The Hall–Kier alpha value is 2.14. The first-order chi connectivity index (χ1) is 2.45. The van der Waals surface area contributed by atoms with Crippen molar-refractivity contribution in [2.45, 2.75) is 0 Å². The summed E-state index contributed by atoms with van der Waals surface area (Å²) in [5.74, 6) is 0. The van der Waals surface area contributed by atoms with Crippen LogP contribution in [0.5, 0.6) is 0 Å². The third-order valence-electron chi connectivity index (χ3n) is 0. The molecule has 0 atom stereocenters. The van der Waals surface area contributed by atoms with Gasteiger partial charge in [0.25, 0.3) is 0 Å². The number of rotatable bonds is 0. The molecule has 0 saturated carbocycles. The van der Waals surface area contributed by atoms with Gasteiger partial charge in [0.1, 0.15) is 0 Å². The third kappa shape index (κ3) is 90.7. The Morgan fingerprint density at radius 2 is 0.625 bits per heavy atom. The van der Waals surface area contributed by atoms with E-state index in [4.69, 9.17) is 0 Å². The summed E-state index contributed by atoms with van der Waals surface area (Å²) in [6.45, 7) is 0. The van der Waals surface area contributed by atoms with Crippen molar-refractivity contribution in [3.05, 3.63) is 0 Å². The summed E-state index contributed by atoms with van der Waals surface area (Å²) in [5.41, 5.74) is 0. The molecule has 0 heterocycles. The van der Waals surface area contributed by atoms with Crippen LogP contribution < -0.4 is 0 Å². The van der Waals surface area contributed by atoms with Crippen molar-refractivity contribution in [3.8, 4) is 0 Å². The van der Waals surface area contributed by atoms with E-state index in [9.17, 15) is 21.5 Å². The molecule has 0 aromatic heterocycles. The summed E-state index contributed by atoms with van der Waals surface area (Å²) in [6.07, 6.45) is 0. The van der Waals surface area contributed by atoms with E-state index < -0.39 is 13.2 Å². The van der Waals surface area contributed by atoms with Crippen LogP contribution in [0.15, 0.2) is 0 Å². The minimum atomic E-state index is -10.6. The van der Waals surface area contributed by atoms with Gasteiger partial charge in [-0.15, -0.1) is 0 Å². The maximum atomic E-state index is 9.86. The van der Waals surface area contributed by atoms with E-state index in [0.29, 0.717) is 0 Å². The van der Waals surface area contributed by atoms with Crippen LogP contribution in [0.2, 0.25) is 0 Å². The normalized spacial score (nSPS) is 20.2. The molecular weight excluding hydrogens is 306 g/mol. The van der Waals surface area contributed by atoms with Gasteiger partial charge in [0.05, 0.1) is 0 Å². The second-order valence-electron chi connectivity index (χ2n) is 0.714. The molecule has 8 heavy (non-hydrogen) atoms. The first-order valence-electron chi connectivity index (χ1n) is 0.756. The molecular formula is HCoCsF6. The Kier molecular flexibility index (Phi) is 3.29. The van der Waals surface area contributed by atoms with Gasteiger partial charge in [-0.3, -0.25) is 0 Å². The molecule has 0 aliphatic carbocycles. The van der Waals surface area contributed by atoms with Gasteiger partial charge in [-0.05, 0) is 0 Å². The van der Waals surface area contributed by atoms with Crippen molar-refractivity contribution in [1.82, 2.24) is 0 Å². The number of hydrogen-bond acceptors (Lipinski definition) is 0. The molecule has 53 valence electrons. The van der Waals surface area contributed by atoms with Crippen LogP contribution in [-0.2, 0) is 13.2 Å². The molecule has 8 heteroatoms. The molecule has 0 spiro atoms. The van der Waals surface area contributed by atoms with E-state index in [1.54, 1.807) is 0 Å². The van der Waals surface area contributed by atoms with Crippen LogP contribution in [0.3, 0.4) is 0 Å². The molecule has 0 radical (unpaired) electrons. The quantitative estimate of drug-likeness (QED) is 0.600. The Balaban J connectivity index is 0. The van der Waals surface area contributed by atoms with Gasteiger partial charge in [-0.1, -0.05) is 0 Å². The fourth-order valence-electron chi connectivity index (χ4n) is 0. The van der Waals surface area contributed by atoms with E-state index in [-0.39, 0.29) is 68.9 Å². The van der Waals surface area contributed by atoms with Gasteiger partial charge >= 0.3 is 104 Å². The molecule has 0 bridgehead atoms. The zero-order chi connectivity index (χ0) is 6.41. The van der Waals surface area contributed by atoms with Crippen molar-refractivity contribution < 1.29 is 34.7 Å². The van der Waals surface area contributed by atoms with Crippen LogP contribution in [0.1, 0.15) is 0 Å². The van der Waals surface area contributed by atoms with Crippen molar-refractivity contribution in [1.29, 1.82) is 0 Å². The topological polar surface area (TPSA) is 0 Å². The van der Waals surface area contributed by atoms with E-state index >= 15 is 0 Å². The van der Waals surface area contributed by atoms with Crippen LogP contribution in [-0.4, -0.2) is 68.9 Å². The summed E-state index contributed by atoms with van der Waals surface area (Å²) in [6, 6.07) is 0. The monoisotopic (exact) mass is 307 g/mol. The van der Waals surface area contributed by atoms with Crippen LogP contribution in [0.25, 0.3) is 0 Å². The Morgan fingerprint density at radius 3 is 0.625 bits per heavy atom. The fraction of sp³-hybridized carbons (Fsp3) is 0. The van der Waals surface area contributed by atoms with Gasteiger partial charge in [-0.2, -0.15) is 0 Å². The van der Waals surface area contributed by atoms with Crippen molar-refractivity contribution >= 4 is 68.9 Å². The first-order valence-corrected chi connectivity index (χ1v) is 3.12. The van der Waals surface area contributed by atoms with E-state index in [2.05, 4.69) is 0 Å². The molecule has 0 fully saturated rings. The van der Waals surface area contributed by atoms with E-state index in [0.717, 1.165) is 0 Å². The summed E-state index contributed by atoms with van der Waals surface area (Å²) < 4.78 is 59.2. The zero-order valence-corrected chi connectivity index (χ0v) is 3.64. The average Bonchev–Trinajstić information content (AvgIpc) is 0.592. The second-order valence-corrected chi connectivity index (χ2v) is 2.95. The molecule has 0 aliphatic rings. The van der Waals surface area contributed by atoms with Crippen LogP contribution >= 0.6 is 0 Å². The van der Waals surface area contributed by atoms with E-state index in [1.165, 1.54) is 0 Å². The van der Waals surface area contributed by atoms with Gasteiger partial charge in [0.15, 0.2) is 0 Å². The van der Waals surface area contributed by atoms with Crippen LogP contribution in [0, 0.1) is 0 Å². The summed E-state index contributed by atoms with van der Waals surface area (Å²) in [7, 11) is 0. The standard InChI is InChI=1S/Co.Cs.6FH.H/h;;6*1H;/q+6;;;;;;;;/p-6. The Labute approximate surface area is 101 Å². The molecule has 0 nitrogen and oxygen atoms in total. The minimum absolute atomic E-state index is 0.